The third-order valence-electron chi connectivity index (χ3n) is 7.08. The molecule has 6 rings (SSSR count). The van der Waals surface area contributed by atoms with Gasteiger partial charge in [0.25, 0.3) is 5.56 Å². The molecule has 0 radical (unpaired) electrons. The van der Waals surface area contributed by atoms with Crippen LogP contribution in [0.15, 0.2) is 23.0 Å². The molecule has 3 N–H and O–H groups in total. The maximum Gasteiger partial charge on any atom is 0.343 e. The van der Waals surface area contributed by atoms with Gasteiger partial charge in [-0.1, -0.05) is 6.92 Å². The summed E-state index contributed by atoms with van der Waals surface area (Å²) in [6.07, 6.45) is 0.0433. The molecular formula is C25H23N3O8. The molecule has 3 aliphatic heterocycles. The first-order valence-electron chi connectivity index (χ1n) is 11.7. The van der Waals surface area contributed by atoms with Gasteiger partial charge in [-0.05, 0) is 24.1 Å². The Morgan fingerprint density at radius 2 is 1.89 bits per heavy atom. The fourth-order valence-electron chi connectivity index (χ4n) is 5.14. The van der Waals surface area contributed by atoms with Gasteiger partial charge in [0.15, 0.2) is 17.1 Å². The Labute approximate surface area is 204 Å². The number of esters is 1. The van der Waals surface area contributed by atoms with E-state index in [2.05, 4.69) is 5.32 Å². The summed E-state index contributed by atoms with van der Waals surface area (Å²) >= 11 is 0. The molecule has 1 amide bonds. The Bertz CT molecular complexity index is 1530. The predicted molar refractivity (Wildman–Crippen MR) is 124 cm³/mol. The van der Waals surface area contributed by atoms with Gasteiger partial charge in [0.05, 0.1) is 29.0 Å². The number of amides is 1. The lowest BCUT2D eigenvalue weighted by Crippen LogP contribution is -2.44. The van der Waals surface area contributed by atoms with Crippen LogP contribution < -0.4 is 20.3 Å². The van der Waals surface area contributed by atoms with Gasteiger partial charge in [-0.25, -0.2) is 9.78 Å². The normalized spacial score (nSPS) is 19.4. The van der Waals surface area contributed by atoms with Gasteiger partial charge in [0.2, 0.25) is 5.91 Å². The van der Waals surface area contributed by atoms with E-state index < -0.39 is 24.1 Å². The lowest BCUT2D eigenvalue weighted by atomic mass is 9.86. The molecule has 0 aliphatic carbocycles. The van der Waals surface area contributed by atoms with Crippen molar-refractivity contribution < 1.29 is 34.0 Å². The van der Waals surface area contributed by atoms with Gasteiger partial charge in [-0.15, -0.1) is 0 Å². The molecule has 0 bridgehead atoms. The maximum atomic E-state index is 13.5. The lowest BCUT2D eigenvalue weighted by Gasteiger charge is -2.31. The Balaban J connectivity index is 1.60. The van der Waals surface area contributed by atoms with Crippen LogP contribution in [-0.4, -0.2) is 51.5 Å². The number of ether oxygens (including phenoxy) is 3. The Morgan fingerprint density at radius 1 is 1.14 bits per heavy atom. The van der Waals surface area contributed by atoms with Gasteiger partial charge in [-0.3, -0.25) is 9.59 Å². The van der Waals surface area contributed by atoms with E-state index in [9.17, 15) is 24.6 Å². The number of rotatable bonds is 4. The molecular weight excluding hydrogens is 470 g/mol. The third kappa shape index (κ3) is 3.12. The van der Waals surface area contributed by atoms with Crippen molar-refractivity contribution in [2.75, 3.05) is 19.8 Å². The Kier molecular flexibility index (Phi) is 5.02. The highest BCUT2D eigenvalue weighted by Crippen LogP contribution is 2.42. The molecule has 3 aromatic rings. The minimum Gasteiger partial charge on any atom is -0.486 e. The van der Waals surface area contributed by atoms with Crippen LogP contribution >= 0.6 is 0 Å². The van der Waals surface area contributed by atoms with E-state index in [0.717, 1.165) is 0 Å². The quantitative estimate of drug-likeness (QED) is 0.345. The van der Waals surface area contributed by atoms with Gasteiger partial charge < -0.3 is 34.3 Å². The second-order valence-electron chi connectivity index (χ2n) is 8.97. The topological polar surface area (TPSA) is 149 Å². The smallest absolute Gasteiger partial charge is 0.343 e. The second kappa shape index (κ2) is 8.04. The number of aliphatic hydroxyl groups is 2. The van der Waals surface area contributed by atoms with E-state index in [4.69, 9.17) is 19.2 Å². The summed E-state index contributed by atoms with van der Waals surface area (Å²) in [5.74, 6) is -0.242. The summed E-state index contributed by atoms with van der Waals surface area (Å²) in [5.41, 5.74) is 1.11. The molecule has 11 heteroatoms. The number of nitrogens with one attached hydrogen (secondary N) is 1. The molecule has 2 aromatic heterocycles. The highest BCUT2D eigenvalue weighted by Gasteiger charge is 2.45. The summed E-state index contributed by atoms with van der Waals surface area (Å²) in [7, 11) is 0. The van der Waals surface area contributed by atoms with Crippen LogP contribution in [0.5, 0.6) is 11.5 Å². The maximum absolute atomic E-state index is 13.5. The zero-order valence-electron chi connectivity index (χ0n) is 19.4. The van der Waals surface area contributed by atoms with Crippen LogP contribution in [0.25, 0.3) is 22.3 Å². The average Bonchev–Trinajstić information content (AvgIpc) is 3.26. The summed E-state index contributed by atoms with van der Waals surface area (Å²) < 4.78 is 18.1. The first-order valence-corrected chi connectivity index (χ1v) is 11.7. The summed E-state index contributed by atoms with van der Waals surface area (Å²) in [4.78, 5) is 42.7. The first-order chi connectivity index (χ1) is 17.4. The summed E-state index contributed by atoms with van der Waals surface area (Å²) in [6.45, 7) is 1.84. The van der Waals surface area contributed by atoms with E-state index in [-0.39, 0.29) is 42.8 Å². The highest BCUT2D eigenvalue weighted by atomic mass is 16.6. The molecule has 11 nitrogen and oxygen atoms in total. The molecule has 0 spiro atoms. The monoisotopic (exact) mass is 493 g/mol. The molecule has 0 saturated carbocycles. The van der Waals surface area contributed by atoms with E-state index >= 15 is 0 Å². The van der Waals surface area contributed by atoms with E-state index in [1.807, 2.05) is 0 Å². The molecule has 1 aromatic carbocycles. The third-order valence-corrected chi connectivity index (χ3v) is 7.08. The van der Waals surface area contributed by atoms with Gasteiger partial charge in [0, 0.05) is 29.1 Å². The van der Waals surface area contributed by atoms with Gasteiger partial charge in [0.1, 0.15) is 26.4 Å². The predicted octanol–water partition coefficient (Wildman–Crippen LogP) is 0.459. The molecule has 36 heavy (non-hydrogen) atoms. The zero-order valence-corrected chi connectivity index (χ0v) is 19.4. The standard InChI is InChI=1S/C25H23N3O8/c1-2-25(33)16-6-18-22-14(9-28(18)23(31)15(16)11-36-24(25)32)13(8-26-21(30)10-29)12-5-19-20(7-17(12)27-22)35-4-3-34-19/h5-7,29,33H,2-4,8-11H2,1H3,(H,26,30)/t25-/m0/s1. The van der Waals surface area contributed by atoms with Crippen LogP contribution in [0.1, 0.15) is 35.6 Å². The number of hydrogen-bond donors (Lipinski definition) is 3. The van der Waals surface area contributed by atoms with Crippen molar-refractivity contribution in [2.24, 2.45) is 0 Å². The average molecular weight is 493 g/mol. The van der Waals surface area contributed by atoms with Crippen molar-refractivity contribution in [3.8, 4) is 22.9 Å². The second-order valence-corrected chi connectivity index (χ2v) is 8.97. The van der Waals surface area contributed by atoms with Crippen LogP contribution in [0.3, 0.4) is 0 Å². The van der Waals surface area contributed by atoms with Crippen molar-refractivity contribution in [2.45, 2.75) is 38.6 Å². The number of fused-ring (bicyclic) bond motifs is 6. The van der Waals surface area contributed by atoms with Crippen molar-refractivity contribution in [3.05, 3.63) is 50.8 Å². The lowest BCUT2D eigenvalue weighted by molar-refractivity contribution is -0.172. The number of pyridine rings is 2. The van der Waals surface area contributed by atoms with E-state index in [0.29, 0.717) is 58.1 Å². The zero-order chi connectivity index (χ0) is 25.2. The van der Waals surface area contributed by atoms with E-state index in [1.54, 1.807) is 25.1 Å². The van der Waals surface area contributed by atoms with Crippen molar-refractivity contribution in [1.82, 2.24) is 14.9 Å². The number of benzene rings is 1. The van der Waals surface area contributed by atoms with E-state index in [1.165, 1.54) is 4.57 Å². The van der Waals surface area contributed by atoms with Crippen LogP contribution in [-0.2, 0) is 39.6 Å². The minimum atomic E-state index is -1.93. The Morgan fingerprint density at radius 3 is 2.61 bits per heavy atom. The number of aliphatic hydroxyl groups excluding tert-OH is 1. The first kappa shape index (κ1) is 22.5. The fraction of sp³-hybridized carbons (Fsp3) is 0.360. The van der Waals surface area contributed by atoms with Crippen LogP contribution in [0.2, 0.25) is 0 Å². The van der Waals surface area contributed by atoms with Gasteiger partial charge >= 0.3 is 5.97 Å². The van der Waals surface area contributed by atoms with Crippen molar-refractivity contribution in [1.29, 1.82) is 0 Å². The SMILES string of the molecule is CC[C@@]1(O)C(=O)OCc2c1cc1n(c2=O)Cc2c-1nc1cc3c(cc1c2CNC(=O)CO)OCCO3. The summed E-state index contributed by atoms with van der Waals surface area (Å²) in [5, 5.41) is 23.7. The fourth-order valence-corrected chi connectivity index (χ4v) is 5.14. The molecule has 0 fully saturated rings. The largest absolute Gasteiger partial charge is 0.486 e. The summed E-state index contributed by atoms with van der Waals surface area (Å²) in [6, 6.07) is 5.19. The number of cyclic esters (lactones) is 1. The molecule has 0 saturated heterocycles. The van der Waals surface area contributed by atoms with Crippen LogP contribution in [0, 0.1) is 0 Å². The van der Waals surface area contributed by atoms with Crippen molar-refractivity contribution >= 4 is 22.8 Å². The number of carbonyl (C=O) groups is 2. The molecule has 1 atom stereocenters. The number of hydrogen-bond acceptors (Lipinski definition) is 9. The molecule has 3 aliphatic rings. The Hall–Kier alpha value is -3.96. The number of carbonyl (C=O) groups excluding carboxylic acids is 2. The van der Waals surface area contributed by atoms with Crippen molar-refractivity contribution in [3.63, 3.8) is 0 Å². The number of aromatic nitrogens is 2. The number of nitrogens with zero attached hydrogens (tertiary/aromatic N) is 2. The molecule has 186 valence electrons. The highest BCUT2D eigenvalue weighted by molar-refractivity contribution is 5.91. The van der Waals surface area contributed by atoms with Gasteiger partial charge in [-0.2, -0.15) is 0 Å². The minimum absolute atomic E-state index is 0.0433. The molecule has 5 heterocycles. The van der Waals surface area contributed by atoms with Crippen LogP contribution in [0.4, 0.5) is 0 Å². The molecule has 0 unspecified atom stereocenters.